The Morgan fingerprint density at radius 2 is 1.88 bits per heavy atom. The molecule has 0 bridgehead atoms. The Morgan fingerprint density at radius 3 is 2.56 bits per heavy atom. The minimum absolute atomic E-state index is 0.289. The molecule has 6 heteroatoms. The summed E-state index contributed by atoms with van der Waals surface area (Å²) in [5.74, 6) is -0.0534. The van der Waals surface area contributed by atoms with Crippen LogP contribution >= 0.6 is 0 Å². The third-order valence-corrected chi connectivity index (χ3v) is 4.01. The van der Waals surface area contributed by atoms with Gasteiger partial charge in [0.05, 0.1) is 11.7 Å². The molecule has 2 aromatic heterocycles. The Bertz CT molecular complexity index is 933. The van der Waals surface area contributed by atoms with Gasteiger partial charge in [-0.05, 0) is 59.3 Å². The van der Waals surface area contributed by atoms with Gasteiger partial charge in [0.2, 0.25) is 0 Å². The molecule has 1 aromatic carbocycles. The zero-order valence-corrected chi connectivity index (χ0v) is 14.1. The summed E-state index contributed by atoms with van der Waals surface area (Å²) in [6.07, 6.45) is 4.02. The Morgan fingerprint density at radius 1 is 1.12 bits per heavy atom. The van der Waals surface area contributed by atoms with Crippen LogP contribution in [0.15, 0.2) is 53.9 Å². The van der Waals surface area contributed by atoms with Crippen molar-refractivity contribution in [3.05, 3.63) is 70.7 Å². The van der Waals surface area contributed by atoms with Crippen molar-refractivity contribution >= 4 is 10.9 Å². The molecule has 3 aromatic rings. The fraction of sp³-hybridized carbons (Fsp3) is 0.263. The molecule has 1 atom stereocenters. The SMILES string of the molecule is CC(C)CC(N=[N+]=[N-])c1ccc2cc(-c3ccncc3)cc(F)c2n1. The van der Waals surface area contributed by atoms with Crippen LogP contribution in [0.3, 0.4) is 0 Å². The van der Waals surface area contributed by atoms with Crippen molar-refractivity contribution in [1.82, 2.24) is 9.97 Å². The van der Waals surface area contributed by atoms with Crippen LogP contribution in [-0.4, -0.2) is 9.97 Å². The molecule has 0 aliphatic rings. The number of pyridine rings is 2. The predicted octanol–water partition coefficient (Wildman–Crippen LogP) is 5.83. The van der Waals surface area contributed by atoms with Crippen LogP contribution in [0, 0.1) is 11.7 Å². The number of fused-ring (bicyclic) bond motifs is 1. The molecule has 3 rings (SSSR count). The van der Waals surface area contributed by atoms with E-state index in [1.807, 2.05) is 38.1 Å². The van der Waals surface area contributed by atoms with E-state index in [0.29, 0.717) is 23.4 Å². The van der Waals surface area contributed by atoms with Crippen LogP contribution in [0.1, 0.15) is 32.0 Å². The number of azide groups is 1. The van der Waals surface area contributed by atoms with Gasteiger partial charge < -0.3 is 0 Å². The molecule has 5 nitrogen and oxygen atoms in total. The summed E-state index contributed by atoms with van der Waals surface area (Å²) in [6, 6.07) is 10.3. The molecule has 0 saturated heterocycles. The highest BCUT2D eigenvalue weighted by Crippen LogP contribution is 2.29. The van der Waals surface area contributed by atoms with Gasteiger partial charge in [-0.25, -0.2) is 9.37 Å². The highest BCUT2D eigenvalue weighted by atomic mass is 19.1. The average Bonchev–Trinajstić information content (AvgIpc) is 2.61. The first kappa shape index (κ1) is 16.9. The van der Waals surface area contributed by atoms with Crippen LogP contribution in [0.2, 0.25) is 0 Å². The molecule has 0 fully saturated rings. The molecule has 25 heavy (non-hydrogen) atoms. The van der Waals surface area contributed by atoms with E-state index >= 15 is 0 Å². The second-order valence-corrected chi connectivity index (χ2v) is 6.35. The van der Waals surface area contributed by atoms with Crippen molar-refractivity contribution in [3.8, 4) is 11.1 Å². The van der Waals surface area contributed by atoms with Crippen molar-refractivity contribution in [3.63, 3.8) is 0 Å². The maximum atomic E-state index is 14.6. The standard InChI is InChI=1S/C19H18FN5/c1-12(2)9-18(24-25-21)17-4-3-14-10-15(11-16(20)19(14)23-17)13-5-7-22-8-6-13/h3-8,10-12,18H,9H2,1-2H3. The molecular formula is C19H18FN5. The van der Waals surface area contributed by atoms with Crippen molar-refractivity contribution in [2.24, 2.45) is 11.0 Å². The van der Waals surface area contributed by atoms with E-state index in [0.717, 1.165) is 11.1 Å². The number of hydrogen-bond donors (Lipinski definition) is 0. The first-order chi connectivity index (χ1) is 12.1. The van der Waals surface area contributed by atoms with Crippen LogP contribution in [-0.2, 0) is 0 Å². The predicted molar refractivity (Wildman–Crippen MR) is 96.3 cm³/mol. The van der Waals surface area contributed by atoms with Crippen LogP contribution in [0.25, 0.3) is 32.5 Å². The molecule has 2 heterocycles. The lowest BCUT2D eigenvalue weighted by molar-refractivity contribution is 0.501. The molecule has 0 aliphatic carbocycles. The smallest absolute Gasteiger partial charge is 0.150 e. The topological polar surface area (TPSA) is 74.5 Å². The van der Waals surface area contributed by atoms with E-state index < -0.39 is 11.9 Å². The number of nitrogens with zero attached hydrogens (tertiary/aromatic N) is 5. The number of aromatic nitrogens is 2. The highest BCUT2D eigenvalue weighted by Gasteiger charge is 2.15. The van der Waals surface area contributed by atoms with Gasteiger partial charge in [0.25, 0.3) is 0 Å². The van der Waals surface area contributed by atoms with Crippen molar-refractivity contribution in [2.45, 2.75) is 26.3 Å². The second-order valence-electron chi connectivity index (χ2n) is 6.35. The van der Waals surface area contributed by atoms with E-state index in [1.165, 1.54) is 6.07 Å². The number of benzene rings is 1. The zero-order valence-electron chi connectivity index (χ0n) is 14.1. The number of halogens is 1. The van der Waals surface area contributed by atoms with Crippen LogP contribution < -0.4 is 0 Å². The molecule has 0 N–H and O–H groups in total. The highest BCUT2D eigenvalue weighted by molar-refractivity contribution is 5.85. The third kappa shape index (κ3) is 3.75. The summed E-state index contributed by atoms with van der Waals surface area (Å²) < 4.78 is 14.6. The van der Waals surface area contributed by atoms with E-state index in [9.17, 15) is 4.39 Å². The summed E-state index contributed by atoms with van der Waals surface area (Å²) in [5, 5.41) is 4.53. The maximum Gasteiger partial charge on any atom is 0.150 e. The Kier molecular flexibility index (Phi) is 4.91. The van der Waals surface area contributed by atoms with E-state index in [1.54, 1.807) is 18.5 Å². The number of rotatable bonds is 5. The molecule has 0 amide bonds. The normalized spacial score (nSPS) is 12.2. The van der Waals surface area contributed by atoms with E-state index in [-0.39, 0.29) is 5.52 Å². The molecule has 1 unspecified atom stereocenters. The minimum atomic E-state index is -0.395. The monoisotopic (exact) mass is 335 g/mol. The summed E-state index contributed by atoms with van der Waals surface area (Å²) in [4.78, 5) is 11.3. The summed E-state index contributed by atoms with van der Waals surface area (Å²) in [5.41, 5.74) is 11.3. The summed E-state index contributed by atoms with van der Waals surface area (Å²) >= 11 is 0. The van der Waals surface area contributed by atoms with Crippen LogP contribution in [0.4, 0.5) is 4.39 Å². The molecule has 0 radical (unpaired) electrons. The summed E-state index contributed by atoms with van der Waals surface area (Å²) in [6.45, 7) is 4.09. The maximum absolute atomic E-state index is 14.6. The minimum Gasteiger partial charge on any atom is -0.265 e. The largest absolute Gasteiger partial charge is 0.265 e. The zero-order chi connectivity index (χ0) is 17.8. The van der Waals surface area contributed by atoms with Gasteiger partial charge in [-0.1, -0.05) is 25.0 Å². The molecule has 0 aliphatic heterocycles. The lowest BCUT2D eigenvalue weighted by Crippen LogP contribution is -2.03. The van der Waals surface area contributed by atoms with Crippen molar-refractivity contribution in [1.29, 1.82) is 0 Å². The fourth-order valence-electron chi connectivity index (χ4n) is 2.84. The third-order valence-electron chi connectivity index (χ3n) is 4.01. The van der Waals surface area contributed by atoms with Crippen LogP contribution in [0.5, 0.6) is 0 Å². The first-order valence-corrected chi connectivity index (χ1v) is 8.13. The second kappa shape index (κ2) is 7.28. The number of hydrogen-bond acceptors (Lipinski definition) is 3. The van der Waals surface area contributed by atoms with Crippen molar-refractivity contribution in [2.75, 3.05) is 0 Å². The molecule has 0 saturated carbocycles. The van der Waals surface area contributed by atoms with Crippen molar-refractivity contribution < 1.29 is 4.39 Å². The van der Waals surface area contributed by atoms with Gasteiger partial charge in [0.15, 0.2) is 0 Å². The first-order valence-electron chi connectivity index (χ1n) is 8.13. The average molecular weight is 335 g/mol. The molecule has 0 spiro atoms. The molecular weight excluding hydrogens is 317 g/mol. The van der Waals surface area contributed by atoms with Gasteiger partial charge in [-0.2, -0.15) is 0 Å². The van der Waals surface area contributed by atoms with Gasteiger partial charge in [-0.15, -0.1) is 0 Å². The van der Waals surface area contributed by atoms with Gasteiger partial charge in [0.1, 0.15) is 11.3 Å². The quantitative estimate of drug-likeness (QED) is 0.334. The Hall–Kier alpha value is -2.98. The fourth-order valence-corrected chi connectivity index (χ4v) is 2.84. The summed E-state index contributed by atoms with van der Waals surface area (Å²) in [7, 11) is 0. The van der Waals surface area contributed by atoms with Gasteiger partial charge in [-0.3, -0.25) is 4.98 Å². The lowest BCUT2D eigenvalue weighted by atomic mass is 9.99. The van der Waals surface area contributed by atoms with Gasteiger partial charge in [0, 0.05) is 22.7 Å². The van der Waals surface area contributed by atoms with E-state index in [2.05, 4.69) is 20.0 Å². The van der Waals surface area contributed by atoms with E-state index in [4.69, 9.17) is 5.53 Å². The Balaban J connectivity index is 2.06. The molecule has 126 valence electrons. The lowest BCUT2D eigenvalue weighted by Gasteiger charge is -2.14. The van der Waals surface area contributed by atoms with Gasteiger partial charge >= 0.3 is 0 Å². The Labute approximate surface area is 145 Å².